The van der Waals surface area contributed by atoms with E-state index < -0.39 is 0 Å². The van der Waals surface area contributed by atoms with Gasteiger partial charge in [0.05, 0.1) is 27.9 Å². The molecule has 0 bridgehead atoms. The van der Waals surface area contributed by atoms with Crippen molar-refractivity contribution in [1.29, 1.82) is 0 Å². The van der Waals surface area contributed by atoms with Gasteiger partial charge in [0.2, 0.25) is 0 Å². The zero-order valence-electron chi connectivity index (χ0n) is 35.3. The highest BCUT2D eigenvalue weighted by atomic mass is 15.2. The molecule has 8 aromatic carbocycles. The molecule has 0 aliphatic carbocycles. The van der Waals surface area contributed by atoms with Crippen LogP contribution in [0.25, 0.3) is 88.2 Å². The molecule has 11 aromatic rings. The van der Waals surface area contributed by atoms with Crippen LogP contribution in [0.5, 0.6) is 0 Å². The summed E-state index contributed by atoms with van der Waals surface area (Å²) in [4.78, 5) is 2.35. The van der Waals surface area contributed by atoms with E-state index in [4.69, 9.17) is 5.10 Å². The van der Waals surface area contributed by atoms with Gasteiger partial charge in [-0.05, 0) is 108 Å². The van der Waals surface area contributed by atoms with Gasteiger partial charge in [-0.15, -0.1) is 0 Å². The van der Waals surface area contributed by atoms with E-state index in [-0.39, 0.29) is 0 Å². The molecule has 3 heterocycles. The van der Waals surface area contributed by atoms with Crippen LogP contribution in [0, 0.1) is 6.92 Å². The fourth-order valence-electron chi connectivity index (χ4n) is 9.27. The van der Waals surface area contributed by atoms with Crippen LogP contribution in [0.4, 0.5) is 17.1 Å². The van der Waals surface area contributed by atoms with E-state index in [1.54, 1.807) is 0 Å². The lowest BCUT2D eigenvalue weighted by molar-refractivity contribution is 0.980. The zero-order chi connectivity index (χ0) is 42.4. The number of para-hydroxylation sites is 1. The number of benzene rings is 8. The molecular formula is C59H44N4. The van der Waals surface area contributed by atoms with Crippen molar-refractivity contribution in [3.8, 4) is 33.6 Å². The van der Waals surface area contributed by atoms with Crippen LogP contribution in [-0.2, 0) is 0 Å². The van der Waals surface area contributed by atoms with Gasteiger partial charge in [-0.25, -0.2) is 4.52 Å². The van der Waals surface area contributed by atoms with E-state index in [1.807, 2.05) is 25.2 Å². The molecule has 11 rings (SSSR count). The van der Waals surface area contributed by atoms with Gasteiger partial charge in [0.25, 0.3) is 0 Å². The first kappa shape index (κ1) is 37.8. The number of aryl methyl sites for hydroxylation is 1. The number of anilines is 3. The van der Waals surface area contributed by atoms with E-state index in [2.05, 4.69) is 228 Å². The number of hydrogen-bond donors (Lipinski definition) is 0. The normalized spacial score (nSPS) is 11.9. The molecule has 4 heteroatoms. The van der Waals surface area contributed by atoms with Crippen molar-refractivity contribution >= 4 is 71.6 Å². The summed E-state index contributed by atoms with van der Waals surface area (Å²) >= 11 is 0. The van der Waals surface area contributed by atoms with Gasteiger partial charge in [-0.1, -0.05) is 158 Å². The van der Waals surface area contributed by atoms with Gasteiger partial charge >= 0.3 is 0 Å². The minimum absolute atomic E-state index is 0.913. The number of hydrogen-bond acceptors (Lipinski definition) is 2. The lowest BCUT2D eigenvalue weighted by atomic mass is 10.0. The molecule has 0 saturated carbocycles. The first-order valence-corrected chi connectivity index (χ1v) is 21.5. The summed E-state index contributed by atoms with van der Waals surface area (Å²) in [7, 11) is 0. The monoisotopic (exact) mass is 808 g/mol. The molecule has 0 aliphatic heterocycles. The maximum atomic E-state index is 5.41. The quantitative estimate of drug-likeness (QED) is 0.136. The Morgan fingerprint density at radius 1 is 0.508 bits per heavy atom. The maximum Gasteiger partial charge on any atom is 0.0963 e. The van der Waals surface area contributed by atoms with Gasteiger partial charge in [-0.2, -0.15) is 5.10 Å². The average molecular weight is 809 g/mol. The topological polar surface area (TPSA) is 25.5 Å². The molecule has 0 unspecified atom stereocenters. The zero-order valence-corrected chi connectivity index (χ0v) is 35.3. The fraction of sp³-hybridized carbons (Fsp3) is 0.0339. The number of fused-ring (bicyclic) bond motifs is 7. The Hall–Kier alpha value is -8.21. The van der Waals surface area contributed by atoms with Crippen LogP contribution in [-0.4, -0.2) is 14.2 Å². The Morgan fingerprint density at radius 2 is 1.11 bits per heavy atom. The highest BCUT2D eigenvalue weighted by Gasteiger charge is 2.21. The van der Waals surface area contributed by atoms with Crippen molar-refractivity contribution in [3.05, 3.63) is 231 Å². The summed E-state index contributed by atoms with van der Waals surface area (Å²) in [6.07, 6.45) is 8.17. The van der Waals surface area contributed by atoms with Gasteiger partial charge < -0.3 is 9.47 Å². The third kappa shape index (κ3) is 6.61. The van der Waals surface area contributed by atoms with Crippen LogP contribution in [0.2, 0.25) is 0 Å². The van der Waals surface area contributed by atoms with Crippen molar-refractivity contribution in [1.82, 2.24) is 14.2 Å². The maximum absolute atomic E-state index is 5.41. The third-order valence-electron chi connectivity index (χ3n) is 12.3. The molecule has 3 aromatic heterocycles. The standard InChI is InChI=1S/C59H44N4/c1-4-5-7-16-40(2)61-55-24-15-14-23-53(55)54-39-51(35-36-56(54)61)62(49-31-27-44(28-32-49)42-17-8-6-9-18-42)50-33-29-45(30-34-50)58-41(3)59-52-22-13-12-21-47(52)38-57(63(59)60-58)48-26-25-43-19-10-11-20-46(43)37-48/h4-39H,2H2,1,3H3/b5-4-,16-7-. The minimum atomic E-state index is 0.913. The lowest BCUT2D eigenvalue weighted by Gasteiger charge is -2.26. The molecule has 4 nitrogen and oxygen atoms in total. The van der Waals surface area contributed by atoms with E-state index in [0.717, 1.165) is 67.4 Å². The summed E-state index contributed by atoms with van der Waals surface area (Å²) in [5, 5.41) is 12.6. The van der Waals surface area contributed by atoms with Crippen molar-refractivity contribution < 1.29 is 0 Å². The van der Waals surface area contributed by atoms with Crippen molar-refractivity contribution in [3.63, 3.8) is 0 Å². The molecule has 0 atom stereocenters. The van der Waals surface area contributed by atoms with Crippen molar-refractivity contribution in [2.75, 3.05) is 4.90 Å². The second kappa shape index (κ2) is 15.7. The van der Waals surface area contributed by atoms with Crippen LogP contribution in [0.3, 0.4) is 0 Å². The molecule has 300 valence electrons. The van der Waals surface area contributed by atoms with Crippen molar-refractivity contribution in [2.24, 2.45) is 0 Å². The highest BCUT2D eigenvalue weighted by molar-refractivity contribution is 6.12. The fourth-order valence-corrected chi connectivity index (χ4v) is 9.27. The molecule has 0 amide bonds. The first-order valence-electron chi connectivity index (χ1n) is 21.5. The number of nitrogens with zero attached hydrogens (tertiary/aromatic N) is 4. The molecule has 63 heavy (non-hydrogen) atoms. The van der Waals surface area contributed by atoms with Crippen LogP contribution >= 0.6 is 0 Å². The SMILES string of the molecule is C=C(/C=C\C=C/C)n1c2ccccc2c2cc(N(c3ccc(-c4ccccc4)cc3)c3ccc(-c4nn5c(-c6ccc7ccccc7c6)cc6ccccc6c5c4C)cc3)ccc21. The number of rotatable bonds is 9. The Kier molecular flexibility index (Phi) is 9.40. The summed E-state index contributed by atoms with van der Waals surface area (Å²) in [6, 6.07) is 69.9. The molecule has 0 N–H and O–H groups in total. The number of aromatic nitrogens is 3. The van der Waals surface area contributed by atoms with Gasteiger partial charge in [0, 0.05) is 55.6 Å². The molecule has 0 fully saturated rings. The van der Waals surface area contributed by atoms with Crippen LogP contribution in [0.1, 0.15) is 12.5 Å². The second-order valence-electron chi connectivity index (χ2n) is 16.1. The van der Waals surface area contributed by atoms with Gasteiger partial charge in [0.15, 0.2) is 0 Å². The lowest BCUT2D eigenvalue weighted by Crippen LogP contribution is -2.10. The molecule has 0 radical (unpaired) electrons. The number of pyridine rings is 1. The molecule has 0 aliphatic rings. The second-order valence-corrected chi connectivity index (χ2v) is 16.1. The molecular weight excluding hydrogens is 765 g/mol. The Balaban J connectivity index is 1.05. The Bertz CT molecular complexity index is 3580. The van der Waals surface area contributed by atoms with E-state index in [0.29, 0.717) is 0 Å². The molecule has 0 saturated heterocycles. The predicted molar refractivity (Wildman–Crippen MR) is 268 cm³/mol. The van der Waals surface area contributed by atoms with Gasteiger partial charge in [0.1, 0.15) is 0 Å². The first-order chi connectivity index (χ1) is 31.0. The Labute approximate surface area is 367 Å². The van der Waals surface area contributed by atoms with E-state index >= 15 is 0 Å². The largest absolute Gasteiger partial charge is 0.310 e. The van der Waals surface area contributed by atoms with Gasteiger partial charge in [-0.3, -0.25) is 0 Å². The van der Waals surface area contributed by atoms with Crippen molar-refractivity contribution in [2.45, 2.75) is 13.8 Å². The number of allylic oxidation sites excluding steroid dienone is 5. The molecule has 0 spiro atoms. The summed E-state index contributed by atoms with van der Waals surface area (Å²) in [6.45, 7) is 8.71. The third-order valence-corrected chi connectivity index (χ3v) is 12.3. The van der Waals surface area contributed by atoms with E-state index in [9.17, 15) is 0 Å². The Morgan fingerprint density at radius 3 is 1.87 bits per heavy atom. The summed E-state index contributed by atoms with van der Waals surface area (Å²) in [5.74, 6) is 0. The predicted octanol–water partition coefficient (Wildman–Crippen LogP) is 16.1. The average Bonchev–Trinajstić information content (AvgIpc) is 3.87. The smallest absolute Gasteiger partial charge is 0.0963 e. The summed E-state index contributed by atoms with van der Waals surface area (Å²) < 4.78 is 4.41. The van der Waals surface area contributed by atoms with Crippen LogP contribution in [0.15, 0.2) is 225 Å². The highest BCUT2D eigenvalue weighted by Crippen LogP contribution is 2.42. The van der Waals surface area contributed by atoms with E-state index in [1.165, 1.54) is 43.4 Å². The van der Waals surface area contributed by atoms with Crippen LogP contribution < -0.4 is 4.90 Å². The minimum Gasteiger partial charge on any atom is -0.310 e. The summed E-state index contributed by atoms with van der Waals surface area (Å²) in [5.41, 5.74) is 15.2.